The quantitative estimate of drug-likeness (QED) is 0.898. The molecule has 3 rings (SSSR count). The van der Waals surface area contributed by atoms with Crippen LogP contribution >= 0.6 is 0 Å². The first-order chi connectivity index (χ1) is 8.86. The average Bonchev–Trinajstić information content (AvgIpc) is 2.84. The van der Waals surface area contributed by atoms with Crippen molar-refractivity contribution in [3.8, 4) is 0 Å². The molecule has 0 amide bonds. The summed E-state index contributed by atoms with van der Waals surface area (Å²) < 4.78 is 0. The van der Waals surface area contributed by atoms with Crippen molar-refractivity contribution in [3.05, 3.63) is 30.1 Å². The number of H-pyrrole nitrogens is 1. The SMILES string of the molecule is CCCN1CCC(c2nc3ccccc3[nH]2)CC1. The number of imidazole rings is 1. The Balaban J connectivity index is 1.72. The first-order valence-electron chi connectivity index (χ1n) is 7.04. The molecule has 0 unspecified atom stereocenters. The number of nitrogens with one attached hydrogen (secondary N) is 1. The van der Waals surface area contributed by atoms with Gasteiger partial charge in [0.15, 0.2) is 0 Å². The van der Waals surface area contributed by atoms with Crippen molar-refractivity contribution in [1.29, 1.82) is 0 Å². The van der Waals surface area contributed by atoms with Crippen LogP contribution in [0.1, 0.15) is 37.9 Å². The summed E-state index contributed by atoms with van der Waals surface area (Å²) in [5.41, 5.74) is 2.27. The molecule has 3 heteroatoms. The number of rotatable bonds is 3. The van der Waals surface area contributed by atoms with E-state index in [1.807, 2.05) is 0 Å². The fraction of sp³-hybridized carbons (Fsp3) is 0.533. The highest BCUT2D eigenvalue weighted by Crippen LogP contribution is 2.27. The number of hydrogen-bond acceptors (Lipinski definition) is 2. The summed E-state index contributed by atoms with van der Waals surface area (Å²) >= 11 is 0. The third-order valence-corrected chi connectivity index (χ3v) is 3.92. The van der Waals surface area contributed by atoms with E-state index in [2.05, 4.69) is 41.1 Å². The van der Waals surface area contributed by atoms with Gasteiger partial charge in [-0.1, -0.05) is 19.1 Å². The van der Waals surface area contributed by atoms with Gasteiger partial charge in [0.25, 0.3) is 0 Å². The molecule has 0 aliphatic carbocycles. The average molecular weight is 243 g/mol. The molecule has 3 nitrogen and oxygen atoms in total. The Morgan fingerprint density at radius 1 is 1.28 bits per heavy atom. The van der Waals surface area contributed by atoms with Crippen LogP contribution in [0.2, 0.25) is 0 Å². The van der Waals surface area contributed by atoms with Gasteiger partial charge >= 0.3 is 0 Å². The topological polar surface area (TPSA) is 31.9 Å². The Kier molecular flexibility index (Phi) is 3.33. The fourth-order valence-corrected chi connectivity index (χ4v) is 2.91. The maximum absolute atomic E-state index is 4.73. The summed E-state index contributed by atoms with van der Waals surface area (Å²) in [4.78, 5) is 10.8. The molecule has 1 saturated heterocycles. The molecule has 1 aromatic heterocycles. The minimum atomic E-state index is 0.616. The molecule has 96 valence electrons. The molecule has 0 radical (unpaired) electrons. The van der Waals surface area contributed by atoms with Crippen LogP contribution < -0.4 is 0 Å². The van der Waals surface area contributed by atoms with Gasteiger partial charge in [0.1, 0.15) is 5.82 Å². The van der Waals surface area contributed by atoms with Crippen molar-refractivity contribution in [1.82, 2.24) is 14.9 Å². The molecule has 2 aromatic rings. The highest BCUT2D eigenvalue weighted by molar-refractivity contribution is 5.74. The maximum atomic E-state index is 4.73. The van der Waals surface area contributed by atoms with Gasteiger partial charge in [-0.25, -0.2) is 4.98 Å². The highest BCUT2D eigenvalue weighted by atomic mass is 15.1. The van der Waals surface area contributed by atoms with Crippen LogP contribution in [-0.4, -0.2) is 34.5 Å². The Hall–Kier alpha value is -1.35. The summed E-state index contributed by atoms with van der Waals surface area (Å²) in [7, 11) is 0. The zero-order valence-corrected chi connectivity index (χ0v) is 11.0. The number of aromatic amines is 1. The summed E-state index contributed by atoms with van der Waals surface area (Å²) in [6, 6.07) is 8.31. The Bertz CT molecular complexity index is 476. The van der Waals surface area contributed by atoms with E-state index in [1.165, 1.54) is 50.2 Å². The van der Waals surface area contributed by atoms with Gasteiger partial charge in [0, 0.05) is 5.92 Å². The lowest BCUT2D eigenvalue weighted by molar-refractivity contribution is 0.210. The monoisotopic (exact) mass is 243 g/mol. The summed E-state index contributed by atoms with van der Waals surface area (Å²) in [5, 5.41) is 0. The normalized spacial score (nSPS) is 18.5. The predicted molar refractivity (Wildman–Crippen MR) is 74.8 cm³/mol. The summed E-state index contributed by atoms with van der Waals surface area (Å²) in [6.45, 7) is 5.93. The lowest BCUT2D eigenvalue weighted by atomic mass is 9.96. The van der Waals surface area contributed by atoms with Gasteiger partial charge in [-0.05, 0) is 51.0 Å². The van der Waals surface area contributed by atoms with E-state index in [0.29, 0.717) is 5.92 Å². The number of fused-ring (bicyclic) bond motifs is 1. The molecule has 0 saturated carbocycles. The molecule has 1 aliphatic heterocycles. The van der Waals surface area contributed by atoms with Crippen LogP contribution in [0.15, 0.2) is 24.3 Å². The first-order valence-corrected chi connectivity index (χ1v) is 7.04. The van der Waals surface area contributed by atoms with Gasteiger partial charge < -0.3 is 9.88 Å². The minimum absolute atomic E-state index is 0.616. The van der Waals surface area contributed by atoms with E-state index in [-0.39, 0.29) is 0 Å². The maximum Gasteiger partial charge on any atom is 0.110 e. The van der Waals surface area contributed by atoms with Crippen LogP contribution in [0.25, 0.3) is 11.0 Å². The summed E-state index contributed by atoms with van der Waals surface area (Å²) in [6.07, 6.45) is 3.73. The first kappa shape index (κ1) is 11.7. The Morgan fingerprint density at radius 3 is 2.78 bits per heavy atom. The number of benzene rings is 1. The van der Waals surface area contributed by atoms with Crippen molar-refractivity contribution in [2.45, 2.75) is 32.1 Å². The molecular weight excluding hydrogens is 222 g/mol. The van der Waals surface area contributed by atoms with Crippen LogP contribution in [0.3, 0.4) is 0 Å². The number of para-hydroxylation sites is 2. The molecule has 0 atom stereocenters. The van der Waals surface area contributed by atoms with Gasteiger partial charge in [-0.3, -0.25) is 0 Å². The standard InChI is InChI=1S/C15H21N3/c1-2-9-18-10-7-12(8-11-18)15-16-13-5-3-4-6-14(13)17-15/h3-6,12H,2,7-11H2,1H3,(H,16,17). The fourth-order valence-electron chi connectivity index (χ4n) is 2.91. The van der Waals surface area contributed by atoms with Crippen molar-refractivity contribution in [3.63, 3.8) is 0 Å². The van der Waals surface area contributed by atoms with Gasteiger partial charge in [-0.2, -0.15) is 0 Å². The lowest BCUT2D eigenvalue weighted by Gasteiger charge is -2.30. The molecule has 1 aliphatic rings. The van der Waals surface area contributed by atoms with Crippen LogP contribution in [0.4, 0.5) is 0 Å². The molecule has 1 N–H and O–H groups in total. The second-order valence-corrected chi connectivity index (χ2v) is 5.26. The number of hydrogen-bond donors (Lipinski definition) is 1. The smallest absolute Gasteiger partial charge is 0.110 e. The second kappa shape index (κ2) is 5.11. The second-order valence-electron chi connectivity index (χ2n) is 5.26. The number of likely N-dealkylation sites (tertiary alicyclic amines) is 1. The number of nitrogens with zero attached hydrogens (tertiary/aromatic N) is 2. The van der Waals surface area contributed by atoms with Crippen molar-refractivity contribution >= 4 is 11.0 Å². The van der Waals surface area contributed by atoms with Gasteiger partial charge in [-0.15, -0.1) is 0 Å². The van der Waals surface area contributed by atoms with E-state index in [1.54, 1.807) is 0 Å². The molecule has 0 spiro atoms. The molecule has 2 heterocycles. The van der Waals surface area contributed by atoms with Crippen LogP contribution in [0.5, 0.6) is 0 Å². The largest absolute Gasteiger partial charge is 0.342 e. The van der Waals surface area contributed by atoms with Gasteiger partial charge in [0.2, 0.25) is 0 Å². The van der Waals surface area contributed by atoms with E-state index < -0.39 is 0 Å². The number of aromatic nitrogens is 2. The Labute approximate surface area is 108 Å². The van der Waals surface area contributed by atoms with Gasteiger partial charge in [0.05, 0.1) is 11.0 Å². The molecular formula is C15H21N3. The minimum Gasteiger partial charge on any atom is -0.342 e. The van der Waals surface area contributed by atoms with Crippen molar-refractivity contribution < 1.29 is 0 Å². The van der Waals surface area contributed by atoms with E-state index in [0.717, 1.165) is 5.52 Å². The Morgan fingerprint density at radius 2 is 2.06 bits per heavy atom. The predicted octanol–water partition coefficient (Wildman–Crippen LogP) is 3.15. The third-order valence-electron chi connectivity index (χ3n) is 3.92. The van der Waals surface area contributed by atoms with E-state index in [4.69, 9.17) is 4.98 Å². The highest BCUT2D eigenvalue weighted by Gasteiger charge is 2.22. The van der Waals surface area contributed by atoms with E-state index in [9.17, 15) is 0 Å². The zero-order chi connectivity index (χ0) is 12.4. The zero-order valence-electron chi connectivity index (χ0n) is 11.0. The third kappa shape index (κ3) is 2.27. The van der Waals surface area contributed by atoms with Crippen molar-refractivity contribution in [2.24, 2.45) is 0 Å². The molecule has 1 aromatic carbocycles. The molecule has 18 heavy (non-hydrogen) atoms. The molecule has 1 fully saturated rings. The van der Waals surface area contributed by atoms with Crippen LogP contribution in [-0.2, 0) is 0 Å². The lowest BCUT2D eigenvalue weighted by Crippen LogP contribution is -2.33. The van der Waals surface area contributed by atoms with Crippen molar-refractivity contribution in [2.75, 3.05) is 19.6 Å². The number of piperidine rings is 1. The van der Waals surface area contributed by atoms with E-state index >= 15 is 0 Å². The summed E-state index contributed by atoms with van der Waals surface area (Å²) in [5.74, 6) is 1.80. The van der Waals surface area contributed by atoms with Crippen LogP contribution in [0, 0.1) is 0 Å². The molecule has 0 bridgehead atoms.